The second-order valence-electron chi connectivity index (χ2n) is 13.0. The molecule has 0 unspecified atom stereocenters. The number of benzene rings is 1. The predicted molar refractivity (Wildman–Crippen MR) is 178 cm³/mol. The van der Waals surface area contributed by atoms with Crippen molar-refractivity contribution >= 4 is 34.2 Å². The molecule has 0 aliphatic heterocycles. The van der Waals surface area contributed by atoms with Gasteiger partial charge in [-0.25, -0.2) is 4.98 Å². The van der Waals surface area contributed by atoms with E-state index >= 15 is 0 Å². The minimum Gasteiger partial charge on any atom is -0.390 e. The first-order chi connectivity index (χ1) is 21.4. The third-order valence-corrected chi connectivity index (χ3v) is 9.39. The summed E-state index contributed by atoms with van der Waals surface area (Å²) in [5, 5.41) is 24.8. The van der Waals surface area contributed by atoms with Crippen molar-refractivity contribution in [1.82, 2.24) is 19.7 Å². The quantitative estimate of drug-likeness (QED) is 0.236. The summed E-state index contributed by atoms with van der Waals surface area (Å²) in [5.41, 5.74) is 7.58. The van der Waals surface area contributed by atoms with E-state index in [2.05, 4.69) is 4.98 Å². The summed E-state index contributed by atoms with van der Waals surface area (Å²) in [6.45, 7) is 4.38. The van der Waals surface area contributed by atoms with E-state index in [0.717, 1.165) is 31.2 Å². The molecule has 1 aliphatic rings. The number of rotatable bonds is 17. The third kappa shape index (κ3) is 12.0. The number of amides is 3. The number of hydrogen-bond donors (Lipinski definition) is 3. The summed E-state index contributed by atoms with van der Waals surface area (Å²) < 4.78 is 0. The zero-order chi connectivity index (χ0) is 32.9. The Morgan fingerprint density at radius 2 is 1.67 bits per heavy atom. The van der Waals surface area contributed by atoms with Crippen LogP contribution in [0.25, 0.3) is 0 Å². The molecule has 0 spiro atoms. The zero-order valence-electron chi connectivity index (χ0n) is 27.4. The number of aliphatic hydroxyl groups is 2. The maximum absolute atomic E-state index is 14.1. The minimum absolute atomic E-state index is 0.0704. The number of thiazole rings is 1. The van der Waals surface area contributed by atoms with Gasteiger partial charge in [-0.1, -0.05) is 76.3 Å². The summed E-state index contributed by atoms with van der Waals surface area (Å²) >= 11 is 1.28. The molecule has 0 bridgehead atoms. The number of anilines is 1. The molecular weight excluding hydrogens is 590 g/mol. The Morgan fingerprint density at radius 1 is 1.00 bits per heavy atom. The molecule has 2 aromatic rings. The first-order valence-electron chi connectivity index (χ1n) is 16.3. The van der Waals surface area contributed by atoms with Gasteiger partial charge in [0.2, 0.25) is 17.7 Å². The van der Waals surface area contributed by atoms with Gasteiger partial charge in [-0.15, -0.1) is 11.3 Å². The van der Waals surface area contributed by atoms with E-state index in [1.54, 1.807) is 24.4 Å². The van der Waals surface area contributed by atoms with Gasteiger partial charge in [0.25, 0.3) is 0 Å². The fourth-order valence-electron chi connectivity index (χ4n) is 6.08. The van der Waals surface area contributed by atoms with Crippen molar-refractivity contribution in [1.29, 1.82) is 0 Å². The Morgan fingerprint density at radius 3 is 2.27 bits per heavy atom. The average molecular weight is 644 g/mol. The van der Waals surface area contributed by atoms with Crippen molar-refractivity contribution in [3.63, 3.8) is 0 Å². The van der Waals surface area contributed by atoms with E-state index in [9.17, 15) is 24.6 Å². The zero-order valence-corrected chi connectivity index (χ0v) is 28.3. The van der Waals surface area contributed by atoms with Crippen LogP contribution >= 0.6 is 11.3 Å². The van der Waals surface area contributed by atoms with Crippen LogP contribution in [-0.4, -0.2) is 93.1 Å². The molecule has 4 N–H and O–H groups in total. The van der Waals surface area contributed by atoms with Gasteiger partial charge in [-0.3, -0.25) is 14.4 Å². The van der Waals surface area contributed by atoms with E-state index < -0.39 is 18.2 Å². The highest BCUT2D eigenvalue weighted by Crippen LogP contribution is 2.32. The summed E-state index contributed by atoms with van der Waals surface area (Å²) in [5.74, 6) is -0.283. The smallest absolute Gasteiger partial charge is 0.241 e. The molecular formula is C34H53N5O5S. The highest BCUT2D eigenvalue weighted by molar-refractivity contribution is 7.13. The number of likely N-dealkylation sites (N-methyl/N-ethyl adjacent to an activating group) is 1. The van der Waals surface area contributed by atoms with Crippen LogP contribution < -0.4 is 5.73 Å². The summed E-state index contributed by atoms with van der Waals surface area (Å²) in [6, 6.07) is 9.12. The number of aliphatic hydroxyl groups excluding tert-OH is 2. The molecule has 1 aromatic heterocycles. The van der Waals surface area contributed by atoms with Gasteiger partial charge in [-0.05, 0) is 36.7 Å². The Hall–Kier alpha value is -3.02. The molecule has 45 heavy (non-hydrogen) atoms. The maximum atomic E-state index is 14.1. The van der Waals surface area contributed by atoms with Crippen LogP contribution in [0.15, 0.2) is 35.7 Å². The van der Waals surface area contributed by atoms with Crippen LogP contribution in [0.4, 0.5) is 5.13 Å². The van der Waals surface area contributed by atoms with Crippen molar-refractivity contribution in [3.05, 3.63) is 47.0 Å². The fraction of sp³-hybridized carbons (Fsp3) is 0.647. The van der Waals surface area contributed by atoms with Crippen molar-refractivity contribution in [3.8, 4) is 0 Å². The molecule has 3 atom stereocenters. The summed E-state index contributed by atoms with van der Waals surface area (Å²) in [4.78, 5) is 49.2. The van der Waals surface area contributed by atoms with E-state index in [1.165, 1.54) is 27.6 Å². The summed E-state index contributed by atoms with van der Waals surface area (Å²) in [6.07, 6.45) is 4.67. The molecule has 1 saturated carbocycles. The molecule has 1 aromatic carbocycles. The molecule has 11 heteroatoms. The molecule has 1 fully saturated rings. The maximum Gasteiger partial charge on any atom is 0.241 e. The Balaban J connectivity index is 1.82. The standard InChI is InChI=1S/C34H53N5O5S/c1-24(2)19-29(40)33(44)28(20-26-13-9-6-10-14-26)39(21-27-23-45-34(35)36-27)31(42)16-15-30(41)38(22-32(43)37(3)4)18-17-25-11-7-5-8-12-25/h5,7-8,11-12,23-24,26,28-29,33,40,44H,6,9-10,13-22H2,1-4H3,(H2,35,36)/t28-,29-,33+/m0/s1. The number of nitrogens with two attached hydrogens (primary N) is 1. The largest absolute Gasteiger partial charge is 0.390 e. The first-order valence-corrected chi connectivity index (χ1v) is 17.2. The SMILES string of the molecule is CC(C)C[C@H](O)[C@H](O)[C@H](CC1CCCCC1)N(Cc1csc(N)n1)C(=O)CCC(=O)N(CCc1ccccc1)CC(=O)N(C)C. The molecule has 1 heterocycles. The lowest BCUT2D eigenvalue weighted by molar-refractivity contribution is -0.144. The summed E-state index contributed by atoms with van der Waals surface area (Å²) in [7, 11) is 3.31. The topological polar surface area (TPSA) is 140 Å². The Kier molecular flexibility index (Phi) is 14.7. The molecule has 0 saturated heterocycles. The monoisotopic (exact) mass is 643 g/mol. The fourth-order valence-corrected chi connectivity index (χ4v) is 6.63. The Bertz CT molecular complexity index is 1200. The predicted octanol–water partition coefficient (Wildman–Crippen LogP) is 4.10. The van der Waals surface area contributed by atoms with Crippen LogP contribution in [0.3, 0.4) is 0 Å². The number of carbonyl (C=O) groups excluding carboxylic acids is 3. The van der Waals surface area contributed by atoms with Crippen molar-refractivity contribution in [2.24, 2.45) is 11.8 Å². The number of carbonyl (C=O) groups is 3. The number of hydrogen-bond acceptors (Lipinski definition) is 8. The van der Waals surface area contributed by atoms with Crippen LogP contribution in [0.2, 0.25) is 0 Å². The van der Waals surface area contributed by atoms with E-state index in [0.29, 0.717) is 42.6 Å². The molecule has 3 amide bonds. The van der Waals surface area contributed by atoms with Gasteiger partial charge in [0.15, 0.2) is 5.13 Å². The number of nitrogens with zero attached hydrogens (tertiary/aromatic N) is 4. The first kappa shape index (κ1) is 36.4. The Labute approximate surface area is 272 Å². The lowest BCUT2D eigenvalue weighted by Crippen LogP contribution is -2.52. The molecule has 1 aliphatic carbocycles. The number of aromatic nitrogens is 1. The lowest BCUT2D eigenvalue weighted by Gasteiger charge is -2.39. The minimum atomic E-state index is -1.15. The molecule has 0 radical (unpaired) electrons. The van der Waals surface area contributed by atoms with Gasteiger partial charge in [-0.2, -0.15) is 0 Å². The van der Waals surface area contributed by atoms with Crippen molar-refractivity contribution in [2.45, 2.75) is 103 Å². The second-order valence-corrected chi connectivity index (χ2v) is 13.9. The van der Waals surface area contributed by atoms with Crippen LogP contribution in [0.1, 0.15) is 82.9 Å². The third-order valence-electron chi connectivity index (χ3n) is 8.67. The van der Waals surface area contributed by atoms with Gasteiger partial charge in [0.05, 0.1) is 30.9 Å². The number of nitrogen functional groups attached to an aromatic ring is 1. The van der Waals surface area contributed by atoms with Gasteiger partial charge in [0, 0.05) is 38.9 Å². The molecule has 250 valence electrons. The lowest BCUT2D eigenvalue weighted by atomic mass is 9.81. The second kappa shape index (κ2) is 18.2. The van der Waals surface area contributed by atoms with Crippen LogP contribution in [0.5, 0.6) is 0 Å². The van der Waals surface area contributed by atoms with Crippen LogP contribution in [-0.2, 0) is 27.3 Å². The van der Waals surface area contributed by atoms with Crippen molar-refractivity contribution in [2.75, 3.05) is 32.9 Å². The normalized spacial score (nSPS) is 15.8. The van der Waals surface area contributed by atoms with Crippen molar-refractivity contribution < 1.29 is 24.6 Å². The average Bonchev–Trinajstić information content (AvgIpc) is 3.44. The highest BCUT2D eigenvalue weighted by atomic mass is 32.1. The van der Waals surface area contributed by atoms with Crippen LogP contribution in [0, 0.1) is 11.8 Å². The van der Waals surface area contributed by atoms with Gasteiger partial charge >= 0.3 is 0 Å². The van der Waals surface area contributed by atoms with E-state index in [4.69, 9.17) is 5.73 Å². The molecule has 3 rings (SSSR count). The molecule has 10 nitrogen and oxygen atoms in total. The van der Waals surface area contributed by atoms with Gasteiger partial charge in [0.1, 0.15) is 6.10 Å². The van der Waals surface area contributed by atoms with E-state index in [-0.39, 0.29) is 49.6 Å². The van der Waals surface area contributed by atoms with E-state index in [1.807, 2.05) is 44.2 Å². The highest BCUT2D eigenvalue weighted by Gasteiger charge is 2.37. The van der Waals surface area contributed by atoms with Gasteiger partial charge < -0.3 is 30.6 Å².